The second kappa shape index (κ2) is 12.4. The van der Waals surface area contributed by atoms with E-state index in [0.29, 0.717) is 51.4 Å². The Morgan fingerprint density at radius 3 is 1.86 bits per heavy atom. The van der Waals surface area contributed by atoms with Crippen LogP contribution in [-0.2, 0) is 19.2 Å². The molecule has 0 radical (unpaired) electrons. The van der Waals surface area contributed by atoms with Crippen molar-refractivity contribution in [2.24, 2.45) is 23.7 Å². The van der Waals surface area contributed by atoms with E-state index in [0.717, 1.165) is 0 Å². The van der Waals surface area contributed by atoms with Gasteiger partial charge < -0.3 is 20.4 Å². The molecule has 0 saturated heterocycles. The Morgan fingerprint density at radius 2 is 1.31 bits per heavy atom. The lowest BCUT2D eigenvalue weighted by molar-refractivity contribution is -0.538. The number of hydroxylamine groups is 1. The van der Waals surface area contributed by atoms with E-state index in [2.05, 4.69) is 10.8 Å². The zero-order chi connectivity index (χ0) is 26.4. The molecule has 36 heavy (non-hydrogen) atoms. The molecule has 6 atom stereocenters. The molecule has 0 aromatic rings. The Labute approximate surface area is 207 Å². The number of carboxylic acid groups (broad SMARTS) is 2. The molecule has 0 spiro atoms. The molecule has 3 saturated carbocycles. The van der Waals surface area contributed by atoms with E-state index in [1.54, 1.807) is 0 Å². The van der Waals surface area contributed by atoms with Crippen molar-refractivity contribution < 1.29 is 39.3 Å². The number of hydrogen-bond acceptors (Lipinski definition) is 9. The van der Waals surface area contributed by atoms with Crippen molar-refractivity contribution in [3.63, 3.8) is 0 Å². The monoisotopic (exact) mass is 514 g/mol. The van der Waals surface area contributed by atoms with E-state index in [4.69, 9.17) is 4.84 Å². The van der Waals surface area contributed by atoms with Gasteiger partial charge >= 0.3 is 11.9 Å². The standard InChI is InChI=1S/C22H34N4O10/c27-20(19-15(22(30)31)4-2-6-18(19)26(34)35)23-12-7-9-13(10-8-12)24-36-11-16-14(21(28)29)3-1-5-17(16)25(32)33/h12-19,24H,1-11H2,(H,23,27)(H,28,29)(H,30,31). The zero-order valence-electron chi connectivity index (χ0n) is 20.0. The molecule has 14 nitrogen and oxygen atoms in total. The van der Waals surface area contributed by atoms with Crippen LogP contribution in [0.3, 0.4) is 0 Å². The van der Waals surface area contributed by atoms with Crippen molar-refractivity contribution in [1.29, 1.82) is 0 Å². The molecule has 3 rings (SSSR count). The Morgan fingerprint density at radius 1 is 0.778 bits per heavy atom. The average Bonchev–Trinajstić information content (AvgIpc) is 2.84. The fraction of sp³-hybridized carbons (Fsp3) is 0.864. The summed E-state index contributed by atoms with van der Waals surface area (Å²) in [6.07, 6.45) is 4.22. The van der Waals surface area contributed by atoms with Crippen molar-refractivity contribution in [2.75, 3.05) is 6.61 Å². The number of nitro groups is 2. The molecule has 202 valence electrons. The summed E-state index contributed by atoms with van der Waals surface area (Å²) in [7, 11) is 0. The number of amides is 1. The highest BCUT2D eigenvalue weighted by atomic mass is 16.6. The van der Waals surface area contributed by atoms with Crippen LogP contribution in [0, 0.1) is 43.9 Å². The van der Waals surface area contributed by atoms with Crippen molar-refractivity contribution in [3.8, 4) is 0 Å². The van der Waals surface area contributed by atoms with Crippen LogP contribution in [-0.4, -0.2) is 68.7 Å². The molecule has 0 bridgehead atoms. The average molecular weight is 515 g/mol. The number of nitrogens with one attached hydrogen (secondary N) is 2. The molecule has 0 heterocycles. The van der Waals surface area contributed by atoms with Gasteiger partial charge in [0, 0.05) is 34.8 Å². The zero-order valence-corrected chi connectivity index (χ0v) is 20.0. The fourth-order valence-electron chi connectivity index (χ4n) is 6.00. The topological polar surface area (TPSA) is 211 Å². The fourth-order valence-corrected chi connectivity index (χ4v) is 6.00. The smallest absolute Gasteiger partial charge is 0.307 e. The normalized spacial score (nSPS) is 34.9. The number of nitrogens with zero attached hydrogens (tertiary/aromatic N) is 2. The molecule has 3 aliphatic carbocycles. The van der Waals surface area contributed by atoms with Crippen molar-refractivity contribution >= 4 is 17.8 Å². The van der Waals surface area contributed by atoms with E-state index < -0.39 is 63.4 Å². The Bertz CT molecular complexity index is 803. The maximum Gasteiger partial charge on any atom is 0.307 e. The van der Waals surface area contributed by atoms with Gasteiger partial charge in [-0.05, 0) is 51.4 Å². The second-order valence-corrected chi connectivity index (χ2v) is 10.1. The number of carboxylic acids is 2. The first-order valence-electron chi connectivity index (χ1n) is 12.5. The van der Waals surface area contributed by atoms with Crippen molar-refractivity contribution in [2.45, 2.75) is 88.4 Å². The van der Waals surface area contributed by atoms with Crippen molar-refractivity contribution in [3.05, 3.63) is 20.2 Å². The Kier molecular flexibility index (Phi) is 9.54. The van der Waals surface area contributed by atoms with Gasteiger partial charge in [-0.15, -0.1) is 0 Å². The predicted octanol–water partition coefficient (Wildman–Crippen LogP) is 1.23. The maximum atomic E-state index is 12.9. The first-order chi connectivity index (χ1) is 17.1. The van der Waals surface area contributed by atoms with Crippen LogP contribution < -0.4 is 10.8 Å². The lowest BCUT2D eigenvalue weighted by atomic mass is 9.75. The number of hydrogen-bond donors (Lipinski definition) is 4. The summed E-state index contributed by atoms with van der Waals surface area (Å²) in [4.78, 5) is 63.4. The van der Waals surface area contributed by atoms with Gasteiger partial charge in [-0.3, -0.25) is 34.6 Å². The molecule has 6 unspecified atom stereocenters. The van der Waals surface area contributed by atoms with Gasteiger partial charge in [-0.25, -0.2) is 0 Å². The van der Waals surface area contributed by atoms with Crippen LogP contribution in [0.25, 0.3) is 0 Å². The summed E-state index contributed by atoms with van der Waals surface area (Å²) in [6, 6.07) is -2.55. The third-order valence-electron chi connectivity index (χ3n) is 7.97. The first kappa shape index (κ1) is 27.7. The van der Waals surface area contributed by atoms with Gasteiger partial charge in [0.1, 0.15) is 5.92 Å². The highest BCUT2D eigenvalue weighted by molar-refractivity contribution is 5.85. The number of aliphatic carboxylic acids is 2. The minimum atomic E-state index is -1.22. The molecule has 0 aromatic heterocycles. The molecule has 3 fully saturated rings. The maximum absolute atomic E-state index is 12.9. The van der Waals surface area contributed by atoms with E-state index in [1.165, 1.54) is 0 Å². The van der Waals surface area contributed by atoms with Gasteiger partial charge in [0.05, 0.1) is 24.4 Å². The lowest BCUT2D eigenvalue weighted by Gasteiger charge is -2.34. The summed E-state index contributed by atoms with van der Waals surface area (Å²) >= 11 is 0. The second-order valence-electron chi connectivity index (χ2n) is 10.1. The molecular formula is C22H34N4O10. The largest absolute Gasteiger partial charge is 0.481 e. The highest BCUT2D eigenvalue weighted by Gasteiger charge is 2.49. The van der Waals surface area contributed by atoms with Crippen LogP contribution >= 0.6 is 0 Å². The Hall–Kier alpha value is -2.87. The first-order valence-corrected chi connectivity index (χ1v) is 12.5. The number of rotatable bonds is 10. The van der Waals surface area contributed by atoms with Gasteiger partial charge in [0.2, 0.25) is 18.0 Å². The van der Waals surface area contributed by atoms with Gasteiger partial charge in [-0.2, -0.15) is 5.48 Å². The van der Waals surface area contributed by atoms with Crippen LogP contribution in [0.4, 0.5) is 0 Å². The van der Waals surface area contributed by atoms with Gasteiger partial charge in [-0.1, -0.05) is 0 Å². The molecule has 1 amide bonds. The van der Waals surface area contributed by atoms with E-state index in [1.807, 2.05) is 0 Å². The van der Waals surface area contributed by atoms with Crippen molar-refractivity contribution in [1.82, 2.24) is 10.8 Å². The van der Waals surface area contributed by atoms with Crippen LogP contribution in [0.15, 0.2) is 0 Å². The van der Waals surface area contributed by atoms with Gasteiger partial charge in [0.15, 0.2) is 0 Å². The molecule has 4 N–H and O–H groups in total. The van der Waals surface area contributed by atoms with Gasteiger partial charge in [0.25, 0.3) is 0 Å². The summed E-state index contributed by atoms with van der Waals surface area (Å²) in [6.45, 7) is -0.0974. The third kappa shape index (κ3) is 6.66. The third-order valence-corrected chi connectivity index (χ3v) is 7.97. The molecule has 0 aliphatic heterocycles. The van der Waals surface area contributed by atoms with Crippen LogP contribution in [0.1, 0.15) is 64.2 Å². The summed E-state index contributed by atoms with van der Waals surface area (Å²) < 4.78 is 0. The van der Waals surface area contributed by atoms with Crippen LogP contribution in [0.5, 0.6) is 0 Å². The van der Waals surface area contributed by atoms with E-state index in [-0.39, 0.29) is 31.5 Å². The van der Waals surface area contributed by atoms with Crippen LogP contribution in [0.2, 0.25) is 0 Å². The Balaban J connectivity index is 1.48. The van der Waals surface area contributed by atoms with E-state index in [9.17, 15) is 44.8 Å². The molecular weight excluding hydrogens is 480 g/mol. The molecule has 0 aromatic carbocycles. The van der Waals surface area contributed by atoms with E-state index >= 15 is 0 Å². The number of carbonyl (C=O) groups excluding carboxylic acids is 1. The lowest BCUT2D eigenvalue weighted by Crippen LogP contribution is -2.52. The SMILES string of the molecule is O=C(O)C1CCCC([N+](=O)[O-])C1CONC1CCC(NC(=O)C2C(C(=O)O)CCCC2[N+](=O)[O-])CC1. The summed E-state index contributed by atoms with van der Waals surface area (Å²) in [5, 5.41) is 44.5. The quantitative estimate of drug-likeness (QED) is 0.240. The molecule has 3 aliphatic rings. The summed E-state index contributed by atoms with van der Waals surface area (Å²) in [5.41, 5.74) is 2.87. The minimum absolute atomic E-state index is 0.0974. The predicted molar refractivity (Wildman–Crippen MR) is 122 cm³/mol. The summed E-state index contributed by atoms with van der Waals surface area (Å²) in [5.74, 6) is -6.72. The molecule has 14 heteroatoms. The minimum Gasteiger partial charge on any atom is -0.481 e. The highest BCUT2D eigenvalue weighted by Crippen LogP contribution is 2.34. The number of carbonyl (C=O) groups is 3.